The molecule has 17 heavy (non-hydrogen) atoms. The van der Waals surface area contributed by atoms with Crippen LogP contribution in [0.2, 0.25) is 0 Å². The molecule has 0 heterocycles. The minimum Gasteiger partial charge on any atom is -0.504 e. The number of benzene rings is 1. The van der Waals surface area contributed by atoms with Crippen LogP contribution in [-0.2, 0) is 11.3 Å². The Morgan fingerprint density at radius 1 is 1.24 bits per heavy atom. The third-order valence-electron chi connectivity index (χ3n) is 2.43. The normalized spacial score (nSPS) is 12.6. The summed E-state index contributed by atoms with van der Waals surface area (Å²) < 4.78 is 5.24. The van der Waals surface area contributed by atoms with E-state index in [4.69, 9.17) is 9.84 Å². The van der Waals surface area contributed by atoms with Gasteiger partial charge in [-0.25, -0.2) is 0 Å². The van der Waals surface area contributed by atoms with Crippen LogP contribution in [0.15, 0.2) is 12.1 Å². The highest BCUT2D eigenvalue weighted by atomic mass is 16.5. The number of hydrogen-bond donors (Lipinski definition) is 4. The summed E-state index contributed by atoms with van der Waals surface area (Å²) >= 11 is 0. The van der Waals surface area contributed by atoms with E-state index >= 15 is 0 Å². The number of hydrogen-bond acceptors (Lipinski definition) is 5. The van der Waals surface area contributed by atoms with Gasteiger partial charge in [0.15, 0.2) is 11.5 Å². The summed E-state index contributed by atoms with van der Waals surface area (Å²) in [4.78, 5) is 0. The van der Waals surface area contributed by atoms with Crippen LogP contribution >= 0.6 is 0 Å². The first-order chi connectivity index (χ1) is 8.06. The molecular formula is C12H19NO4. The van der Waals surface area contributed by atoms with Gasteiger partial charge in [-0.05, 0) is 19.9 Å². The Balaban J connectivity index is 2.55. The van der Waals surface area contributed by atoms with E-state index in [1.54, 1.807) is 6.07 Å². The molecule has 0 saturated carbocycles. The predicted octanol–water partition coefficient (Wildman–Crippen LogP) is 1.32. The Hall–Kier alpha value is -1.46. The van der Waals surface area contributed by atoms with Gasteiger partial charge in [-0.2, -0.15) is 0 Å². The molecule has 0 radical (unpaired) electrons. The van der Waals surface area contributed by atoms with Gasteiger partial charge < -0.3 is 25.4 Å². The topological polar surface area (TPSA) is 82.0 Å². The fourth-order valence-corrected chi connectivity index (χ4v) is 1.39. The Labute approximate surface area is 101 Å². The lowest BCUT2D eigenvalue weighted by Crippen LogP contribution is -2.30. The average molecular weight is 241 g/mol. The van der Waals surface area contributed by atoms with Crippen LogP contribution in [0, 0.1) is 0 Å². The molecule has 1 aromatic carbocycles. The smallest absolute Gasteiger partial charge is 0.200 e. The molecule has 1 rings (SSSR count). The van der Waals surface area contributed by atoms with Gasteiger partial charge in [0, 0.05) is 24.8 Å². The van der Waals surface area contributed by atoms with Crippen molar-refractivity contribution in [2.24, 2.45) is 0 Å². The van der Waals surface area contributed by atoms with Gasteiger partial charge >= 0.3 is 0 Å². The summed E-state index contributed by atoms with van der Waals surface area (Å²) in [5.74, 6) is -1.10. The molecule has 0 fully saturated rings. The number of ether oxygens (including phenoxy) is 1. The van der Waals surface area contributed by atoms with Crippen LogP contribution in [0.3, 0.4) is 0 Å². The van der Waals surface area contributed by atoms with E-state index < -0.39 is 5.75 Å². The van der Waals surface area contributed by atoms with Crippen molar-refractivity contribution in [3.63, 3.8) is 0 Å². The van der Waals surface area contributed by atoms with Crippen molar-refractivity contribution < 1.29 is 20.1 Å². The minimum absolute atomic E-state index is 0.144. The van der Waals surface area contributed by atoms with Crippen LogP contribution in [0.4, 0.5) is 0 Å². The highest BCUT2D eigenvalue weighted by Crippen LogP contribution is 2.36. The molecule has 5 nitrogen and oxygen atoms in total. The van der Waals surface area contributed by atoms with Crippen molar-refractivity contribution in [1.29, 1.82) is 0 Å². The van der Waals surface area contributed by atoms with Gasteiger partial charge in [-0.15, -0.1) is 0 Å². The summed E-state index contributed by atoms with van der Waals surface area (Å²) in [5.41, 5.74) is 0.531. The molecule has 96 valence electrons. The van der Waals surface area contributed by atoms with Crippen molar-refractivity contribution in [1.82, 2.24) is 5.32 Å². The molecule has 0 amide bonds. The predicted molar refractivity (Wildman–Crippen MR) is 64.2 cm³/mol. The van der Waals surface area contributed by atoms with Gasteiger partial charge in [0.1, 0.15) is 0 Å². The van der Waals surface area contributed by atoms with Crippen LogP contribution < -0.4 is 5.32 Å². The Morgan fingerprint density at radius 2 is 1.94 bits per heavy atom. The lowest BCUT2D eigenvalue weighted by molar-refractivity contribution is 0.127. The second kappa shape index (κ2) is 6.32. The molecule has 0 saturated heterocycles. The monoisotopic (exact) mass is 241 g/mol. The highest BCUT2D eigenvalue weighted by molar-refractivity contribution is 5.52. The summed E-state index contributed by atoms with van der Waals surface area (Å²) in [6.07, 6.45) is 0. The second-order valence-electron chi connectivity index (χ2n) is 3.88. The van der Waals surface area contributed by atoms with Gasteiger partial charge in [-0.3, -0.25) is 0 Å². The van der Waals surface area contributed by atoms with E-state index in [9.17, 15) is 10.2 Å². The molecule has 0 aliphatic rings. The van der Waals surface area contributed by atoms with Gasteiger partial charge in [0.25, 0.3) is 0 Å². The lowest BCUT2D eigenvalue weighted by atomic mass is 10.1. The first-order valence-electron chi connectivity index (χ1n) is 5.60. The maximum atomic E-state index is 9.59. The second-order valence-corrected chi connectivity index (χ2v) is 3.88. The summed E-state index contributed by atoms with van der Waals surface area (Å²) in [5, 5.41) is 31.2. The molecule has 1 aromatic rings. The number of phenols is 3. The molecule has 1 atom stereocenters. The van der Waals surface area contributed by atoms with Crippen molar-refractivity contribution in [2.75, 3.05) is 13.2 Å². The van der Waals surface area contributed by atoms with E-state index in [1.165, 1.54) is 6.07 Å². The lowest BCUT2D eigenvalue weighted by Gasteiger charge is -2.14. The summed E-state index contributed by atoms with van der Waals surface area (Å²) in [6, 6.07) is 3.05. The van der Waals surface area contributed by atoms with Crippen LogP contribution in [0.25, 0.3) is 0 Å². The summed E-state index contributed by atoms with van der Waals surface area (Å²) in [7, 11) is 0. The Morgan fingerprint density at radius 3 is 2.59 bits per heavy atom. The molecule has 0 bridgehead atoms. The van der Waals surface area contributed by atoms with E-state index in [2.05, 4.69) is 5.32 Å². The largest absolute Gasteiger partial charge is 0.504 e. The van der Waals surface area contributed by atoms with Crippen LogP contribution in [0.5, 0.6) is 17.2 Å². The van der Waals surface area contributed by atoms with Crippen molar-refractivity contribution >= 4 is 0 Å². The maximum absolute atomic E-state index is 9.59. The van der Waals surface area contributed by atoms with Gasteiger partial charge in [0.2, 0.25) is 5.75 Å². The van der Waals surface area contributed by atoms with Crippen molar-refractivity contribution in [3.8, 4) is 17.2 Å². The quantitative estimate of drug-likeness (QED) is 0.565. The number of aromatic hydroxyl groups is 3. The molecule has 0 aliphatic heterocycles. The minimum atomic E-state index is -0.484. The third-order valence-corrected chi connectivity index (χ3v) is 2.43. The number of nitrogens with one attached hydrogen (secondary N) is 1. The third kappa shape index (κ3) is 3.80. The average Bonchev–Trinajstić information content (AvgIpc) is 2.32. The molecule has 4 N–H and O–H groups in total. The van der Waals surface area contributed by atoms with E-state index in [0.29, 0.717) is 25.3 Å². The maximum Gasteiger partial charge on any atom is 0.200 e. The first kappa shape index (κ1) is 13.6. The summed E-state index contributed by atoms with van der Waals surface area (Å²) in [6.45, 7) is 5.54. The molecular weight excluding hydrogens is 222 g/mol. The van der Waals surface area contributed by atoms with Crippen LogP contribution in [-0.4, -0.2) is 34.6 Å². The first-order valence-corrected chi connectivity index (χ1v) is 5.60. The van der Waals surface area contributed by atoms with Gasteiger partial charge in [0.05, 0.1) is 6.61 Å². The Kier molecular flexibility index (Phi) is 5.06. The van der Waals surface area contributed by atoms with Crippen LogP contribution in [0.1, 0.15) is 19.4 Å². The van der Waals surface area contributed by atoms with Gasteiger partial charge in [-0.1, -0.05) is 6.07 Å². The standard InChI is InChI=1S/C12H19NO4/c1-3-17-7-8(2)13-6-9-4-5-10(14)12(16)11(9)15/h4-5,8,13-16H,3,6-7H2,1-2H3. The zero-order chi connectivity index (χ0) is 12.8. The SMILES string of the molecule is CCOCC(C)NCc1ccc(O)c(O)c1O. The zero-order valence-electron chi connectivity index (χ0n) is 10.1. The molecule has 0 aliphatic carbocycles. The fraction of sp³-hybridized carbons (Fsp3) is 0.500. The molecule has 0 spiro atoms. The highest BCUT2D eigenvalue weighted by Gasteiger charge is 2.11. The zero-order valence-corrected chi connectivity index (χ0v) is 10.1. The molecule has 5 heteroatoms. The number of phenolic OH excluding ortho intramolecular Hbond substituents is 3. The Bertz CT molecular complexity index is 368. The molecule has 1 unspecified atom stereocenters. The molecule has 0 aromatic heterocycles. The number of rotatable bonds is 6. The van der Waals surface area contributed by atoms with E-state index in [-0.39, 0.29) is 17.5 Å². The van der Waals surface area contributed by atoms with E-state index in [0.717, 1.165) is 0 Å². The van der Waals surface area contributed by atoms with Crippen molar-refractivity contribution in [3.05, 3.63) is 17.7 Å². The fourth-order valence-electron chi connectivity index (χ4n) is 1.39. The van der Waals surface area contributed by atoms with Crippen molar-refractivity contribution in [2.45, 2.75) is 26.4 Å². The van der Waals surface area contributed by atoms with E-state index in [1.807, 2.05) is 13.8 Å².